The van der Waals surface area contributed by atoms with E-state index in [1.54, 1.807) is 6.20 Å². The molecule has 4 heterocycles. The zero-order valence-corrected chi connectivity index (χ0v) is 17.0. The summed E-state index contributed by atoms with van der Waals surface area (Å²) in [5.41, 5.74) is 2.71. The number of hydrogen-bond acceptors (Lipinski definition) is 7. The molecule has 1 saturated heterocycles. The molecule has 30 heavy (non-hydrogen) atoms. The Kier molecular flexibility index (Phi) is 5.17. The number of H-pyrrole nitrogens is 1. The number of pyridine rings is 2. The van der Waals surface area contributed by atoms with Crippen LogP contribution in [0.15, 0.2) is 48.8 Å². The molecule has 4 aromatic rings. The molecule has 2 N–H and O–H groups in total. The van der Waals surface area contributed by atoms with E-state index in [1.807, 2.05) is 24.4 Å². The first kappa shape index (κ1) is 18.8. The van der Waals surface area contributed by atoms with Crippen molar-refractivity contribution in [3.05, 3.63) is 48.8 Å². The van der Waals surface area contributed by atoms with Crippen LogP contribution in [-0.4, -0.2) is 71.5 Å². The van der Waals surface area contributed by atoms with Crippen LogP contribution in [0.5, 0.6) is 0 Å². The fourth-order valence-corrected chi connectivity index (χ4v) is 3.84. The molecule has 1 aromatic carbocycles. The van der Waals surface area contributed by atoms with Crippen molar-refractivity contribution in [3.63, 3.8) is 0 Å². The van der Waals surface area contributed by atoms with E-state index in [4.69, 9.17) is 4.74 Å². The lowest BCUT2D eigenvalue weighted by Crippen LogP contribution is -2.40. The molecular weight excluding hydrogens is 378 g/mol. The largest absolute Gasteiger partial charge is 0.379 e. The van der Waals surface area contributed by atoms with Crippen molar-refractivity contribution < 1.29 is 4.74 Å². The SMILES string of the molecule is CN(CCN1CCOCC1)c1nccc2cc(Nc3n[nH]c4cccnc34)ccc12. The van der Waals surface area contributed by atoms with Crippen LogP contribution in [0.25, 0.3) is 21.8 Å². The van der Waals surface area contributed by atoms with Gasteiger partial charge in [0.25, 0.3) is 0 Å². The second-order valence-electron chi connectivity index (χ2n) is 7.54. The Bertz CT molecular complexity index is 1150. The third kappa shape index (κ3) is 3.79. The van der Waals surface area contributed by atoms with E-state index in [0.717, 1.165) is 78.5 Å². The summed E-state index contributed by atoms with van der Waals surface area (Å²) < 4.78 is 5.44. The van der Waals surface area contributed by atoms with Crippen molar-refractivity contribution in [2.75, 3.05) is 56.7 Å². The van der Waals surface area contributed by atoms with Crippen molar-refractivity contribution in [2.24, 2.45) is 0 Å². The van der Waals surface area contributed by atoms with Crippen LogP contribution in [0.3, 0.4) is 0 Å². The van der Waals surface area contributed by atoms with E-state index in [0.29, 0.717) is 0 Å². The number of anilines is 3. The number of aromatic nitrogens is 4. The molecule has 0 spiro atoms. The second kappa shape index (κ2) is 8.25. The predicted octanol–water partition coefficient (Wildman–Crippen LogP) is 3.02. The number of nitrogens with one attached hydrogen (secondary N) is 2. The van der Waals surface area contributed by atoms with Crippen molar-refractivity contribution in [3.8, 4) is 0 Å². The van der Waals surface area contributed by atoms with Crippen LogP contribution < -0.4 is 10.2 Å². The van der Waals surface area contributed by atoms with Crippen molar-refractivity contribution in [1.29, 1.82) is 0 Å². The highest BCUT2D eigenvalue weighted by Gasteiger charge is 2.14. The monoisotopic (exact) mass is 403 g/mol. The van der Waals surface area contributed by atoms with E-state index in [1.165, 1.54) is 0 Å². The molecule has 0 bridgehead atoms. The molecule has 0 unspecified atom stereocenters. The van der Waals surface area contributed by atoms with E-state index in [-0.39, 0.29) is 0 Å². The molecule has 5 rings (SSSR count). The predicted molar refractivity (Wildman–Crippen MR) is 119 cm³/mol. The van der Waals surface area contributed by atoms with Crippen molar-refractivity contribution in [2.45, 2.75) is 0 Å². The molecule has 8 heteroatoms. The van der Waals surface area contributed by atoms with Gasteiger partial charge in [-0.1, -0.05) is 0 Å². The van der Waals surface area contributed by atoms with E-state index < -0.39 is 0 Å². The number of benzene rings is 1. The van der Waals surface area contributed by atoms with E-state index >= 15 is 0 Å². The quantitative estimate of drug-likeness (QED) is 0.512. The maximum atomic E-state index is 5.44. The highest BCUT2D eigenvalue weighted by Crippen LogP contribution is 2.28. The third-order valence-electron chi connectivity index (χ3n) is 5.54. The minimum Gasteiger partial charge on any atom is -0.379 e. The van der Waals surface area contributed by atoms with Gasteiger partial charge in [-0.15, -0.1) is 0 Å². The number of aromatic amines is 1. The molecule has 154 valence electrons. The molecular formula is C22H25N7O. The molecule has 0 amide bonds. The number of fused-ring (bicyclic) bond motifs is 2. The number of rotatable bonds is 6. The normalized spacial score (nSPS) is 15.0. The van der Waals surface area contributed by atoms with Gasteiger partial charge in [-0.25, -0.2) is 4.98 Å². The lowest BCUT2D eigenvalue weighted by atomic mass is 10.1. The van der Waals surface area contributed by atoms with E-state index in [9.17, 15) is 0 Å². The average Bonchev–Trinajstić information content (AvgIpc) is 3.20. The van der Waals surface area contributed by atoms with Gasteiger partial charge in [0.2, 0.25) is 0 Å². The first-order chi connectivity index (χ1) is 14.8. The molecule has 1 aliphatic heterocycles. The fourth-order valence-electron chi connectivity index (χ4n) is 3.84. The average molecular weight is 403 g/mol. The van der Waals surface area contributed by atoms with Gasteiger partial charge in [0.15, 0.2) is 5.82 Å². The Hall–Kier alpha value is -3.23. The molecule has 0 aliphatic carbocycles. The molecule has 3 aromatic heterocycles. The number of nitrogens with zero attached hydrogens (tertiary/aromatic N) is 5. The van der Waals surface area contributed by atoms with Gasteiger partial charge in [0.1, 0.15) is 11.3 Å². The fraction of sp³-hybridized carbons (Fsp3) is 0.318. The zero-order chi connectivity index (χ0) is 20.3. The molecule has 0 saturated carbocycles. The Balaban J connectivity index is 1.35. The van der Waals surface area contributed by atoms with Gasteiger partial charge in [-0.3, -0.25) is 15.0 Å². The smallest absolute Gasteiger partial charge is 0.178 e. The standard InChI is InChI=1S/C22H25N7O/c1-28(9-10-29-11-13-30-14-12-29)22-18-5-4-17(15-16(18)6-8-24-22)25-21-20-19(26-27-21)3-2-7-23-20/h2-8,15H,9-14H2,1H3,(H2,25,26,27). The first-order valence-corrected chi connectivity index (χ1v) is 10.2. The topological polar surface area (TPSA) is 82.2 Å². The Morgan fingerprint density at radius 2 is 2.03 bits per heavy atom. The lowest BCUT2D eigenvalue weighted by molar-refractivity contribution is 0.0393. The Morgan fingerprint density at radius 1 is 1.13 bits per heavy atom. The Morgan fingerprint density at radius 3 is 2.93 bits per heavy atom. The lowest BCUT2D eigenvalue weighted by Gasteiger charge is -2.29. The van der Waals surface area contributed by atoms with Crippen LogP contribution >= 0.6 is 0 Å². The van der Waals surface area contributed by atoms with Gasteiger partial charge >= 0.3 is 0 Å². The zero-order valence-electron chi connectivity index (χ0n) is 17.0. The molecule has 0 radical (unpaired) electrons. The minimum absolute atomic E-state index is 0.724. The number of likely N-dealkylation sites (N-methyl/N-ethyl adjacent to an activating group) is 1. The molecule has 0 atom stereocenters. The molecule has 1 aliphatic rings. The Labute approximate surface area is 174 Å². The summed E-state index contributed by atoms with van der Waals surface area (Å²) in [6.45, 7) is 5.60. The maximum absolute atomic E-state index is 5.44. The summed E-state index contributed by atoms with van der Waals surface area (Å²) in [6.07, 6.45) is 3.65. The van der Waals surface area contributed by atoms with Gasteiger partial charge in [0, 0.05) is 56.7 Å². The summed E-state index contributed by atoms with van der Waals surface area (Å²) in [4.78, 5) is 13.7. The second-order valence-corrected chi connectivity index (χ2v) is 7.54. The van der Waals surface area contributed by atoms with Crippen LogP contribution in [0.1, 0.15) is 0 Å². The number of morpholine rings is 1. The summed E-state index contributed by atoms with van der Waals surface area (Å²) in [7, 11) is 2.11. The number of hydrogen-bond donors (Lipinski definition) is 2. The van der Waals surface area contributed by atoms with Gasteiger partial charge in [-0.05, 0) is 41.8 Å². The van der Waals surface area contributed by atoms with Gasteiger partial charge in [0.05, 0.1) is 18.7 Å². The summed E-state index contributed by atoms with van der Waals surface area (Å²) in [6, 6.07) is 12.2. The summed E-state index contributed by atoms with van der Waals surface area (Å²) in [5.74, 6) is 1.72. The van der Waals surface area contributed by atoms with Crippen LogP contribution in [0.2, 0.25) is 0 Å². The van der Waals surface area contributed by atoms with Crippen LogP contribution in [-0.2, 0) is 4.74 Å². The summed E-state index contributed by atoms with van der Waals surface area (Å²) in [5, 5.41) is 13.0. The highest BCUT2D eigenvalue weighted by molar-refractivity contribution is 5.95. The minimum atomic E-state index is 0.724. The van der Waals surface area contributed by atoms with Crippen molar-refractivity contribution >= 4 is 39.1 Å². The van der Waals surface area contributed by atoms with Gasteiger partial charge < -0.3 is 15.0 Å². The third-order valence-corrected chi connectivity index (χ3v) is 5.54. The highest BCUT2D eigenvalue weighted by atomic mass is 16.5. The van der Waals surface area contributed by atoms with Gasteiger partial charge in [-0.2, -0.15) is 5.10 Å². The van der Waals surface area contributed by atoms with Crippen LogP contribution in [0.4, 0.5) is 17.3 Å². The number of ether oxygens (including phenoxy) is 1. The summed E-state index contributed by atoms with van der Waals surface area (Å²) >= 11 is 0. The first-order valence-electron chi connectivity index (χ1n) is 10.2. The molecule has 8 nitrogen and oxygen atoms in total. The molecule has 1 fully saturated rings. The van der Waals surface area contributed by atoms with E-state index in [2.05, 4.69) is 60.5 Å². The van der Waals surface area contributed by atoms with Crippen LogP contribution in [0, 0.1) is 0 Å². The van der Waals surface area contributed by atoms with Crippen molar-refractivity contribution in [1.82, 2.24) is 25.1 Å². The maximum Gasteiger partial charge on any atom is 0.178 e.